The molecule has 0 aromatic rings. The molecule has 2 nitrogen and oxygen atoms in total. The van der Waals surface area contributed by atoms with Crippen molar-refractivity contribution in [3.63, 3.8) is 0 Å². The maximum atomic E-state index is 8.64. The molecule has 0 rings (SSSR count). The van der Waals surface area contributed by atoms with Crippen LogP contribution in [0.4, 0.5) is 0 Å². The van der Waals surface area contributed by atoms with Gasteiger partial charge < -0.3 is 9.29 Å². The van der Waals surface area contributed by atoms with Gasteiger partial charge in [0.25, 0.3) is 0 Å². The molecule has 8 heavy (non-hydrogen) atoms. The van der Waals surface area contributed by atoms with Crippen molar-refractivity contribution >= 4 is 12.0 Å². The van der Waals surface area contributed by atoms with Crippen LogP contribution >= 0.6 is 12.0 Å². The second-order valence-electron chi connectivity index (χ2n) is 1.54. The Kier molecular flexibility index (Phi) is 5.59. The summed E-state index contributed by atoms with van der Waals surface area (Å²) in [6.45, 7) is 4.14. The SMILES string of the molecule is CCSOCC(C)O. The topological polar surface area (TPSA) is 29.5 Å². The molecule has 0 saturated heterocycles. The zero-order chi connectivity index (χ0) is 6.41. The van der Waals surface area contributed by atoms with Crippen LogP contribution in [-0.2, 0) is 4.18 Å². The van der Waals surface area contributed by atoms with E-state index in [-0.39, 0.29) is 6.10 Å². The number of rotatable bonds is 4. The van der Waals surface area contributed by atoms with Gasteiger partial charge in [0.2, 0.25) is 0 Å². The first kappa shape index (κ1) is 8.27. The number of hydrogen-bond acceptors (Lipinski definition) is 3. The quantitative estimate of drug-likeness (QED) is 0.463. The predicted molar refractivity (Wildman–Crippen MR) is 35.8 cm³/mol. The number of hydrogen-bond donors (Lipinski definition) is 1. The Morgan fingerprint density at radius 3 is 2.75 bits per heavy atom. The van der Waals surface area contributed by atoms with Crippen molar-refractivity contribution in [1.29, 1.82) is 0 Å². The highest BCUT2D eigenvalue weighted by atomic mass is 32.2. The summed E-state index contributed by atoms with van der Waals surface area (Å²) >= 11 is 1.38. The summed E-state index contributed by atoms with van der Waals surface area (Å²) in [6.07, 6.45) is -0.339. The Balaban J connectivity index is 2.72. The fourth-order valence-corrected chi connectivity index (χ4v) is 0.690. The normalized spacial score (nSPS) is 13.9. The van der Waals surface area contributed by atoms with Crippen molar-refractivity contribution in [3.05, 3.63) is 0 Å². The van der Waals surface area contributed by atoms with Gasteiger partial charge in [0.15, 0.2) is 0 Å². The summed E-state index contributed by atoms with van der Waals surface area (Å²) in [4.78, 5) is 0. The van der Waals surface area contributed by atoms with E-state index in [1.54, 1.807) is 6.92 Å². The largest absolute Gasteiger partial charge is 0.391 e. The van der Waals surface area contributed by atoms with E-state index in [1.807, 2.05) is 6.92 Å². The predicted octanol–water partition coefficient (Wildman–Crippen LogP) is 1.05. The molecule has 1 atom stereocenters. The minimum absolute atomic E-state index is 0.339. The summed E-state index contributed by atoms with van der Waals surface area (Å²) in [6, 6.07) is 0. The number of aliphatic hydroxyl groups excluding tert-OH is 1. The Labute approximate surface area is 54.4 Å². The van der Waals surface area contributed by atoms with E-state index < -0.39 is 0 Å². The first-order chi connectivity index (χ1) is 3.77. The van der Waals surface area contributed by atoms with Crippen molar-refractivity contribution in [2.75, 3.05) is 12.4 Å². The molecule has 0 aliphatic carbocycles. The van der Waals surface area contributed by atoms with Crippen molar-refractivity contribution in [1.82, 2.24) is 0 Å². The van der Waals surface area contributed by atoms with Crippen LogP contribution in [0.25, 0.3) is 0 Å². The van der Waals surface area contributed by atoms with Crippen LogP contribution in [0, 0.1) is 0 Å². The van der Waals surface area contributed by atoms with Gasteiger partial charge in [-0.1, -0.05) is 6.92 Å². The average molecular weight is 136 g/mol. The molecular formula is C5H12O2S. The fraction of sp³-hybridized carbons (Fsp3) is 1.00. The molecule has 0 heterocycles. The van der Waals surface area contributed by atoms with Gasteiger partial charge in [-0.3, -0.25) is 0 Å². The molecule has 0 saturated carbocycles. The van der Waals surface area contributed by atoms with Crippen molar-refractivity contribution in [3.8, 4) is 0 Å². The van der Waals surface area contributed by atoms with E-state index in [4.69, 9.17) is 9.29 Å². The van der Waals surface area contributed by atoms with Gasteiger partial charge in [0.1, 0.15) is 0 Å². The second-order valence-corrected chi connectivity index (χ2v) is 2.59. The van der Waals surface area contributed by atoms with E-state index in [9.17, 15) is 0 Å². The standard InChI is InChI=1S/C5H12O2S/c1-3-8-7-4-5(2)6/h5-6H,3-4H2,1-2H3. The molecule has 0 aromatic heterocycles. The van der Waals surface area contributed by atoms with Gasteiger partial charge in [0.05, 0.1) is 12.7 Å². The van der Waals surface area contributed by atoms with Crippen LogP contribution in [0.3, 0.4) is 0 Å². The minimum atomic E-state index is -0.339. The lowest BCUT2D eigenvalue weighted by molar-refractivity contribution is 0.135. The third kappa shape index (κ3) is 6.27. The maximum Gasteiger partial charge on any atom is 0.0870 e. The smallest absolute Gasteiger partial charge is 0.0870 e. The molecule has 50 valence electrons. The molecule has 0 bridgehead atoms. The van der Waals surface area contributed by atoms with Crippen LogP contribution in [0.15, 0.2) is 0 Å². The molecular weight excluding hydrogens is 124 g/mol. The van der Waals surface area contributed by atoms with Crippen LogP contribution in [0.1, 0.15) is 13.8 Å². The van der Waals surface area contributed by atoms with Gasteiger partial charge in [-0.25, -0.2) is 0 Å². The van der Waals surface area contributed by atoms with E-state index in [0.717, 1.165) is 5.75 Å². The Hall–Kier alpha value is 0.270. The molecule has 3 heteroatoms. The van der Waals surface area contributed by atoms with Crippen molar-refractivity contribution in [2.45, 2.75) is 20.0 Å². The zero-order valence-corrected chi connectivity index (χ0v) is 6.07. The fourth-order valence-electron chi connectivity index (χ4n) is 0.230. The van der Waals surface area contributed by atoms with E-state index in [0.29, 0.717) is 6.61 Å². The first-order valence-corrected chi connectivity index (χ1v) is 3.61. The molecule has 1 N–H and O–H groups in total. The zero-order valence-electron chi connectivity index (χ0n) is 5.26. The Morgan fingerprint density at radius 1 is 1.75 bits per heavy atom. The van der Waals surface area contributed by atoms with Gasteiger partial charge in [-0.2, -0.15) is 0 Å². The molecule has 0 aromatic carbocycles. The molecule has 1 unspecified atom stereocenters. The van der Waals surface area contributed by atoms with Crippen LogP contribution in [0.5, 0.6) is 0 Å². The first-order valence-electron chi connectivity index (χ1n) is 2.69. The van der Waals surface area contributed by atoms with Crippen LogP contribution < -0.4 is 0 Å². The van der Waals surface area contributed by atoms with E-state index in [2.05, 4.69) is 0 Å². The molecule has 0 amide bonds. The summed E-state index contributed by atoms with van der Waals surface area (Å²) in [5.74, 6) is 0.937. The van der Waals surface area contributed by atoms with Gasteiger partial charge in [-0.05, 0) is 19.0 Å². The maximum absolute atomic E-state index is 8.64. The van der Waals surface area contributed by atoms with E-state index in [1.165, 1.54) is 12.0 Å². The van der Waals surface area contributed by atoms with Gasteiger partial charge >= 0.3 is 0 Å². The average Bonchev–Trinajstić information content (AvgIpc) is 1.66. The third-order valence-electron chi connectivity index (χ3n) is 0.510. The minimum Gasteiger partial charge on any atom is -0.391 e. The molecule has 0 radical (unpaired) electrons. The lowest BCUT2D eigenvalue weighted by Crippen LogP contribution is -2.06. The van der Waals surface area contributed by atoms with Crippen LogP contribution in [0.2, 0.25) is 0 Å². The van der Waals surface area contributed by atoms with E-state index >= 15 is 0 Å². The third-order valence-corrected chi connectivity index (χ3v) is 1.05. The summed E-state index contributed by atoms with van der Waals surface area (Å²) in [5, 5.41) is 8.64. The Morgan fingerprint density at radius 2 is 2.38 bits per heavy atom. The van der Waals surface area contributed by atoms with Gasteiger partial charge in [-0.15, -0.1) is 0 Å². The van der Waals surface area contributed by atoms with Crippen molar-refractivity contribution in [2.24, 2.45) is 0 Å². The highest BCUT2D eigenvalue weighted by molar-refractivity contribution is 7.94. The molecule has 0 aliphatic rings. The summed E-state index contributed by atoms with van der Waals surface area (Å²) in [5.41, 5.74) is 0. The molecule has 0 aliphatic heterocycles. The van der Waals surface area contributed by atoms with Gasteiger partial charge in [0, 0.05) is 5.75 Å². The second kappa shape index (κ2) is 5.41. The lowest BCUT2D eigenvalue weighted by Gasteiger charge is -2.01. The van der Waals surface area contributed by atoms with Crippen LogP contribution in [-0.4, -0.2) is 23.6 Å². The molecule has 0 fully saturated rings. The highest BCUT2D eigenvalue weighted by Gasteiger charge is 1.92. The Bertz CT molecular complexity index is 47.7. The summed E-state index contributed by atoms with van der Waals surface area (Å²) < 4.78 is 4.91. The number of aliphatic hydroxyl groups is 1. The highest BCUT2D eigenvalue weighted by Crippen LogP contribution is 2.00. The lowest BCUT2D eigenvalue weighted by atomic mass is 10.5. The monoisotopic (exact) mass is 136 g/mol. The summed E-state index contributed by atoms with van der Waals surface area (Å²) in [7, 11) is 0. The molecule has 0 spiro atoms. The van der Waals surface area contributed by atoms with Crippen molar-refractivity contribution < 1.29 is 9.29 Å².